The van der Waals surface area contributed by atoms with Crippen LogP contribution in [0.2, 0.25) is 0 Å². The van der Waals surface area contributed by atoms with E-state index in [0.29, 0.717) is 0 Å². The maximum Gasteiger partial charge on any atom is 1.00 e. The number of alkyl halides is 8. The number of nitrogens with zero attached hydrogens (tertiary/aromatic N) is 4. The second kappa shape index (κ2) is 50.1. The Kier molecular flexibility index (Phi) is 57.6. The monoisotopic (exact) mass is 1120 g/mol. The molecule has 0 aromatic carbocycles. The Morgan fingerprint density at radius 3 is 0.803 bits per heavy atom. The van der Waals surface area contributed by atoms with Crippen LogP contribution < -0.4 is 72.9 Å². The third-order valence-corrected chi connectivity index (χ3v) is 12.1. The quantitative estimate of drug-likeness (QED) is 0.0230. The van der Waals surface area contributed by atoms with E-state index in [1.54, 1.807) is 0 Å². The van der Waals surface area contributed by atoms with E-state index in [1.165, 1.54) is 207 Å². The SMILES string of the molecule is C.CC(C)=O.CCCCCCCCCCCCCCCCn1cc[n+](C)c1.CCCCCCCCCCCCCCCCn1cc[n+](C)c1.O=S(=O)([O-])C(F)(F)C(F)F.O=S(=O)([O-])C(F)(F)C(F)F.[Cl-].[K+]. The second-order valence-corrected chi connectivity index (χ2v) is 20.3. The van der Waals surface area contributed by atoms with Gasteiger partial charge in [-0.1, -0.05) is 175 Å². The van der Waals surface area contributed by atoms with Crippen LogP contribution in [0.3, 0.4) is 0 Å². The van der Waals surface area contributed by atoms with Gasteiger partial charge in [0, 0.05) is 0 Å². The average Bonchev–Trinajstić information content (AvgIpc) is 3.87. The normalized spacial score (nSPS) is 11.3. The standard InChI is InChI=1S/2C20H39N2.C3H6O.2C2H2F4O3S.CH4.ClH.K/c2*1-3-4-5-6-7-8-9-10-11-12-13-14-15-16-17-22-19-18-21(2)20-22;1-3(2)4;2*3-1(4)2(5,6)10(7,8)9;;;/h2*18-20H,3-17H2,1-2H3;1-2H3;2*1H,(H,7,8,9);1H4;1H;/q2*+1;;;;;;+1/p-3. The first-order valence-corrected chi connectivity index (χ1v) is 27.3. The smallest absolute Gasteiger partial charge is 1.00 e. The topological polar surface area (TPSA) is 149 Å². The Hall–Kier alpha value is -0.724. The van der Waals surface area contributed by atoms with Crippen LogP contribution >= 0.6 is 0 Å². The van der Waals surface area contributed by atoms with Crippen molar-refractivity contribution < 1.29 is 139 Å². The van der Waals surface area contributed by atoms with Crippen LogP contribution in [0.25, 0.3) is 0 Å². The first-order valence-electron chi connectivity index (χ1n) is 24.5. The number of hydrogen-bond donors (Lipinski definition) is 0. The molecule has 0 bridgehead atoms. The van der Waals surface area contributed by atoms with Gasteiger partial charge >= 0.3 is 74.7 Å². The third-order valence-electron chi connectivity index (χ3n) is 10.4. The minimum Gasteiger partial charge on any atom is -1.00 e. The molecule has 0 spiro atoms. The summed E-state index contributed by atoms with van der Waals surface area (Å²) < 4.78 is 154. The molecule has 0 N–H and O–H groups in total. The largest absolute Gasteiger partial charge is 1.00 e. The summed E-state index contributed by atoms with van der Waals surface area (Å²) in [5.74, 6) is 0.167. The summed E-state index contributed by atoms with van der Waals surface area (Å²) in [6.45, 7) is 10.00. The molecule has 11 nitrogen and oxygen atoms in total. The predicted molar refractivity (Wildman–Crippen MR) is 256 cm³/mol. The molecule has 0 amide bonds. The Morgan fingerprint density at radius 1 is 0.493 bits per heavy atom. The molecule has 0 aliphatic heterocycles. The molecule has 0 saturated heterocycles. The van der Waals surface area contributed by atoms with Crippen molar-refractivity contribution in [3.05, 3.63) is 37.4 Å². The van der Waals surface area contributed by atoms with E-state index in [0.717, 1.165) is 0 Å². The summed E-state index contributed by atoms with van der Waals surface area (Å²) in [7, 11) is -8.30. The molecular formula is C48H90ClF8KN4O7S2. The van der Waals surface area contributed by atoms with Crippen molar-refractivity contribution in [3.8, 4) is 0 Å². The van der Waals surface area contributed by atoms with Crippen LogP contribution in [0.1, 0.15) is 215 Å². The number of ketones is 1. The fourth-order valence-corrected chi connectivity index (χ4v) is 6.90. The summed E-state index contributed by atoms with van der Waals surface area (Å²) in [6.07, 6.45) is 44.1. The van der Waals surface area contributed by atoms with Crippen molar-refractivity contribution in [1.82, 2.24) is 9.13 Å². The molecule has 0 saturated carbocycles. The molecule has 23 heteroatoms. The van der Waals surface area contributed by atoms with Gasteiger partial charge in [0.15, 0.2) is 20.2 Å². The third kappa shape index (κ3) is 49.9. The first kappa shape index (κ1) is 81.6. The number of aromatic nitrogens is 4. The van der Waals surface area contributed by atoms with E-state index in [-0.39, 0.29) is 77.0 Å². The molecule has 0 radical (unpaired) electrons. The van der Waals surface area contributed by atoms with E-state index in [2.05, 4.69) is 83.7 Å². The molecular weight excluding hydrogens is 1040 g/mol. The van der Waals surface area contributed by atoms with Crippen molar-refractivity contribution >= 4 is 26.0 Å². The fraction of sp³-hybridized carbons (Fsp3) is 0.854. The molecule has 2 rings (SSSR count). The Bertz CT molecular complexity index is 1590. The summed E-state index contributed by atoms with van der Waals surface area (Å²) in [5.41, 5.74) is 0. The number of Topliss-reactive ketones (excluding diaryl/α,β-unsaturated/α-hetero) is 1. The van der Waals surface area contributed by atoms with E-state index in [9.17, 15) is 65.9 Å². The maximum atomic E-state index is 11.4. The zero-order valence-corrected chi connectivity index (χ0v) is 48.7. The average molecular weight is 1130 g/mol. The van der Waals surface area contributed by atoms with Gasteiger partial charge in [-0.05, 0) is 39.5 Å². The summed E-state index contributed by atoms with van der Waals surface area (Å²) >= 11 is 0. The van der Waals surface area contributed by atoms with Crippen LogP contribution in [-0.4, -0.2) is 64.2 Å². The predicted octanol–water partition coefficient (Wildman–Crippen LogP) is 7.61. The summed E-state index contributed by atoms with van der Waals surface area (Å²) in [6, 6.07) is 0. The van der Waals surface area contributed by atoms with Gasteiger partial charge < -0.3 is 26.3 Å². The second-order valence-electron chi connectivity index (χ2n) is 17.4. The number of carbonyl (C=O) groups excluding carboxylic acids is 1. The molecule has 0 aliphatic carbocycles. The van der Waals surface area contributed by atoms with Gasteiger partial charge in [0.05, 0.1) is 27.2 Å². The molecule has 0 aliphatic rings. The van der Waals surface area contributed by atoms with Gasteiger partial charge in [0.25, 0.3) is 0 Å². The minimum atomic E-state index is -6.23. The number of unbranched alkanes of at least 4 members (excludes halogenated alkanes) is 26. The first-order chi connectivity index (χ1) is 31.8. The van der Waals surface area contributed by atoms with Crippen LogP contribution in [0.15, 0.2) is 37.4 Å². The van der Waals surface area contributed by atoms with Crippen molar-refractivity contribution in [3.63, 3.8) is 0 Å². The number of imidazole rings is 2. The molecule has 0 unspecified atom stereocenters. The van der Waals surface area contributed by atoms with E-state index in [4.69, 9.17) is 0 Å². The maximum absolute atomic E-state index is 11.4. The molecule has 71 heavy (non-hydrogen) atoms. The zero-order valence-electron chi connectivity index (χ0n) is 43.2. The van der Waals surface area contributed by atoms with Gasteiger partial charge in [-0.15, -0.1) is 0 Å². The van der Waals surface area contributed by atoms with E-state index in [1.807, 2.05) is 0 Å². The molecule has 2 aromatic heterocycles. The number of halogens is 9. The molecule has 2 aromatic rings. The number of rotatable bonds is 34. The van der Waals surface area contributed by atoms with Gasteiger partial charge in [0.1, 0.15) is 30.6 Å². The molecule has 2 heterocycles. The van der Waals surface area contributed by atoms with Crippen molar-refractivity contribution in [1.29, 1.82) is 0 Å². The van der Waals surface area contributed by atoms with E-state index >= 15 is 0 Å². The number of aryl methyl sites for hydroxylation is 4. The van der Waals surface area contributed by atoms with Crippen molar-refractivity contribution in [2.75, 3.05) is 0 Å². The van der Waals surface area contributed by atoms with Gasteiger partial charge in [0.2, 0.25) is 12.7 Å². The van der Waals surface area contributed by atoms with Crippen LogP contribution in [0.4, 0.5) is 35.1 Å². The van der Waals surface area contributed by atoms with Crippen LogP contribution in [0, 0.1) is 0 Å². The Morgan fingerprint density at radius 2 is 0.676 bits per heavy atom. The fourth-order valence-electron chi connectivity index (χ4n) is 6.46. The van der Waals surface area contributed by atoms with Gasteiger partial charge in [-0.3, -0.25) is 0 Å². The van der Waals surface area contributed by atoms with Crippen LogP contribution in [-0.2, 0) is 52.2 Å². The van der Waals surface area contributed by atoms with Gasteiger partial charge in [-0.2, -0.15) is 17.6 Å². The molecule has 420 valence electrons. The van der Waals surface area contributed by atoms with Crippen LogP contribution in [0.5, 0.6) is 0 Å². The molecule has 0 atom stereocenters. The Labute approximate surface area is 472 Å². The van der Waals surface area contributed by atoms with Crippen molar-refractivity contribution in [2.45, 2.75) is 251 Å². The number of hydrogen-bond acceptors (Lipinski definition) is 7. The Balaban J connectivity index is -0.000000201. The van der Waals surface area contributed by atoms with Gasteiger partial charge in [-0.25, -0.2) is 52.7 Å². The zero-order chi connectivity index (χ0) is 52.5. The summed E-state index contributed by atoms with van der Waals surface area (Å²) in [5, 5.41) is -11.0. The summed E-state index contributed by atoms with van der Waals surface area (Å²) in [4.78, 5) is 9.44. The minimum absolute atomic E-state index is 0. The molecule has 0 fully saturated rings. The van der Waals surface area contributed by atoms with E-state index < -0.39 is 43.6 Å². The number of carbonyl (C=O) groups is 1. The van der Waals surface area contributed by atoms with Crippen molar-refractivity contribution in [2.24, 2.45) is 14.1 Å².